The highest BCUT2D eigenvalue weighted by molar-refractivity contribution is 7.15. The molecule has 0 unspecified atom stereocenters. The summed E-state index contributed by atoms with van der Waals surface area (Å²) >= 11 is 1.22. The van der Waals surface area contributed by atoms with Crippen LogP contribution < -0.4 is 10.6 Å². The minimum absolute atomic E-state index is 0.200. The van der Waals surface area contributed by atoms with E-state index in [1.165, 1.54) is 11.3 Å². The lowest BCUT2D eigenvalue weighted by molar-refractivity contribution is -0.140. The Morgan fingerprint density at radius 3 is 2.41 bits per heavy atom. The van der Waals surface area contributed by atoms with Crippen LogP contribution in [0.2, 0.25) is 0 Å². The highest BCUT2D eigenvalue weighted by atomic mass is 32.1. The van der Waals surface area contributed by atoms with E-state index in [1.807, 2.05) is 0 Å². The summed E-state index contributed by atoms with van der Waals surface area (Å²) in [5.41, 5.74) is 0. The van der Waals surface area contributed by atoms with Crippen LogP contribution in [0.5, 0.6) is 0 Å². The van der Waals surface area contributed by atoms with Crippen LogP contribution in [0.1, 0.15) is 18.9 Å². The first-order valence-electron chi connectivity index (χ1n) is 5.00. The van der Waals surface area contributed by atoms with Gasteiger partial charge in [0, 0.05) is 0 Å². The zero-order valence-electron chi connectivity index (χ0n) is 9.72. The van der Waals surface area contributed by atoms with Gasteiger partial charge >= 0.3 is 12.0 Å². The molecule has 0 fully saturated rings. The van der Waals surface area contributed by atoms with Crippen molar-refractivity contribution >= 4 is 28.5 Å². The second kappa shape index (κ2) is 5.58. The Kier molecular flexibility index (Phi) is 4.38. The maximum atomic E-state index is 11.5. The largest absolute Gasteiger partial charge is 0.480 e. The fourth-order valence-corrected chi connectivity index (χ4v) is 1.72. The highest BCUT2D eigenvalue weighted by Gasteiger charge is 2.23. The van der Waals surface area contributed by atoms with Crippen molar-refractivity contribution in [2.24, 2.45) is 5.92 Å². The first-order chi connectivity index (χ1) is 7.90. The van der Waals surface area contributed by atoms with E-state index in [0.717, 1.165) is 5.01 Å². The van der Waals surface area contributed by atoms with Crippen molar-refractivity contribution in [3.05, 3.63) is 5.01 Å². The van der Waals surface area contributed by atoms with Crippen molar-refractivity contribution in [3.8, 4) is 0 Å². The van der Waals surface area contributed by atoms with Crippen molar-refractivity contribution in [1.82, 2.24) is 15.5 Å². The molecule has 0 bridgehead atoms. The van der Waals surface area contributed by atoms with Crippen molar-refractivity contribution < 1.29 is 14.7 Å². The van der Waals surface area contributed by atoms with Gasteiger partial charge in [0.1, 0.15) is 11.0 Å². The molecule has 1 rings (SSSR count). The van der Waals surface area contributed by atoms with Gasteiger partial charge in [0.25, 0.3) is 0 Å². The van der Waals surface area contributed by atoms with Crippen LogP contribution in [0.25, 0.3) is 0 Å². The molecular formula is C9H14N4O3S. The molecule has 1 aromatic heterocycles. The number of aliphatic carboxylic acids is 1. The Labute approximate surface area is 102 Å². The van der Waals surface area contributed by atoms with E-state index in [0.29, 0.717) is 5.13 Å². The molecule has 17 heavy (non-hydrogen) atoms. The van der Waals surface area contributed by atoms with Crippen LogP contribution in [0.3, 0.4) is 0 Å². The third kappa shape index (κ3) is 3.99. The van der Waals surface area contributed by atoms with E-state index in [-0.39, 0.29) is 5.92 Å². The Morgan fingerprint density at radius 1 is 1.35 bits per heavy atom. The van der Waals surface area contributed by atoms with Crippen molar-refractivity contribution in [1.29, 1.82) is 0 Å². The van der Waals surface area contributed by atoms with Crippen LogP contribution in [-0.2, 0) is 4.79 Å². The standard InChI is InChI=1S/C9H14N4O3S/c1-4(2)6(7(14)15)10-8(16)11-9-13-12-5(3)17-9/h4,6H,1-3H3,(H,14,15)(H2,10,11,13,16)/t6-/m1/s1. The number of carbonyl (C=O) groups excluding carboxylic acids is 1. The van der Waals surface area contributed by atoms with Gasteiger partial charge in [-0.05, 0) is 12.8 Å². The van der Waals surface area contributed by atoms with Crippen LogP contribution in [0.4, 0.5) is 9.93 Å². The first-order valence-corrected chi connectivity index (χ1v) is 5.82. The summed E-state index contributed by atoms with van der Waals surface area (Å²) in [7, 11) is 0. The van der Waals surface area contributed by atoms with E-state index >= 15 is 0 Å². The number of urea groups is 1. The van der Waals surface area contributed by atoms with Gasteiger partial charge in [-0.2, -0.15) is 0 Å². The molecule has 0 aliphatic heterocycles. The van der Waals surface area contributed by atoms with E-state index in [1.54, 1.807) is 20.8 Å². The number of nitrogens with one attached hydrogen (secondary N) is 2. The zero-order valence-corrected chi connectivity index (χ0v) is 10.5. The fourth-order valence-electron chi connectivity index (χ4n) is 1.14. The van der Waals surface area contributed by atoms with E-state index in [2.05, 4.69) is 20.8 Å². The van der Waals surface area contributed by atoms with Crippen molar-refractivity contribution in [2.45, 2.75) is 26.8 Å². The molecule has 0 saturated carbocycles. The predicted octanol–water partition coefficient (Wildman–Crippen LogP) is 1.08. The third-order valence-corrected chi connectivity index (χ3v) is 2.72. The molecule has 2 amide bonds. The monoisotopic (exact) mass is 258 g/mol. The number of nitrogens with zero attached hydrogens (tertiary/aromatic N) is 2. The molecule has 0 aromatic carbocycles. The average molecular weight is 258 g/mol. The number of carboxylic acid groups (broad SMARTS) is 1. The highest BCUT2D eigenvalue weighted by Crippen LogP contribution is 2.13. The molecule has 0 saturated heterocycles. The van der Waals surface area contributed by atoms with Crippen LogP contribution in [0.15, 0.2) is 0 Å². The average Bonchev–Trinajstić information content (AvgIpc) is 2.59. The van der Waals surface area contributed by atoms with Crippen LogP contribution in [-0.4, -0.2) is 33.3 Å². The fraction of sp³-hybridized carbons (Fsp3) is 0.556. The lowest BCUT2D eigenvalue weighted by atomic mass is 10.1. The Hall–Kier alpha value is -1.70. The van der Waals surface area contributed by atoms with E-state index in [9.17, 15) is 9.59 Å². The lowest BCUT2D eigenvalue weighted by Gasteiger charge is -2.17. The Balaban J connectivity index is 2.56. The summed E-state index contributed by atoms with van der Waals surface area (Å²) in [6.07, 6.45) is 0. The van der Waals surface area contributed by atoms with Crippen LogP contribution >= 0.6 is 11.3 Å². The zero-order chi connectivity index (χ0) is 13.0. The second-order valence-electron chi connectivity index (χ2n) is 3.78. The van der Waals surface area contributed by atoms with Gasteiger partial charge in [-0.1, -0.05) is 25.2 Å². The molecule has 0 radical (unpaired) electrons. The molecule has 7 nitrogen and oxygen atoms in total. The second-order valence-corrected chi connectivity index (χ2v) is 4.97. The van der Waals surface area contributed by atoms with Crippen LogP contribution in [0, 0.1) is 12.8 Å². The Morgan fingerprint density at radius 2 is 2.00 bits per heavy atom. The number of rotatable bonds is 4. The predicted molar refractivity (Wildman–Crippen MR) is 63.1 cm³/mol. The molecule has 1 heterocycles. The normalized spacial score (nSPS) is 12.2. The van der Waals surface area contributed by atoms with Gasteiger partial charge < -0.3 is 10.4 Å². The molecule has 1 aromatic rings. The van der Waals surface area contributed by atoms with Gasteiger partial charge in [-0.25, -0.2) is 9.59 Å². The summed E-state index contributed by atoms with van der Waals surface area (Å²) in [6, 6.07) is -1.52. The van der Waals surface area contributed by atoms with Gasteiger partial charge in [-0.15, -0.1) is 10.2 Å². The van der Waals surface area contributed by atoms with E-state index in [4.69, 9.17) is 5.11 Å². The van der Waals surface area contributed by atoms with E-state index < -0.39 is 18.0 Å². The van der Waals surface area contributed by atoms with Gasteiger partial charge in [0.2, 0.25) is 5.13 Å². The van der Waals surface area contributed by atoms with Crippen molar-refractivity contribution in [2.75, 3.05) is 5.32 Å². The number of amides is 2. The summed E-state index contributed by atoms with van der Waals surface area (Å²) in [6.45, 7) is 5.19. The minimum atomic E-state index is -1.07. The van der Waals surface area contributed by atoms with Gasteiger partial charge in [-0.3, -0.25) is 5.32 Å². The first kappa shape index (κ1) is 13.4. The van der Waals surface area contributed by atoms with Crippen molar-refractivity contribution in [3.63, 3.8) is 0 Å². The van der Waals surface area contributed by atoms with Gasteiger partial charge in [0.05, 0.1) is 0 Å². The number of anilines is 1. The summed E-state index contributed by atoms with van der Waals surface area (Å²) in [5.74, 6) is -1.27. The SMILES string of the molecule is Cc1nnc(NC(=O)N[C@@H](C(=O)O)C(C)C)s1. The smallest absolute Gasteiger partial charge is 0.326 e. The molecule has 8 heteroatoms. The quantitative estimate of drug-likeness (QED) is 0.749. The molecule has 0 aliphatic carbocycles. The number of hydrogen-bond donors (Lipinski definition) is 3. The molecule has 0 aliphatic rings. The van der Waals surface area contributed by atoms with Gasteiger partial charge in [0.15, 0.2) is 0 Å². The number of carbonyl (C=O) groups is 2. The molecule has 94 valence electrons. The summed E-state index contributed by atoms with van der Waals surface area (Å²) < 4.78 is 0. The third-order valence-electron chi connectivity index (χ3n) is 1.97. The lowest BCUT2D eigenvalue weighted by Crippen LogP contribution is -2.46. The Bertz CT molecular complexity index is 418. The number of aryl methyl sites for hydroxylation is 1. The maximum Gasteiger partial charge on any atom is 0.326 e. The number of aromatic nitrogens is 2. The maximum absolute atomic E-state index is 11.5. The number of hydrogen-bond acceptors (Lipinski definition) is 5. The topological polar surface area (TPSA) is 104 Å². The molecule has 3 N–H and O–H groups in total. The minimum Gasteiger partial charge on any atom is -0.480 e. The summed E-state index contributed by atoms with van der Waals surface area (Å²) in [5, 5.41) is 22.2. The molecule has 1 atom stereocenters. The summed E-state index contributed by atoms with van der Waals surface area (Å²) in [4.78, 5) is 22.4. The number of carboxylic acids is 1. The molecule has 0 spiro atoms. The molecular weight excluding hydrogens is 244 g/mol.